The summed E-state index contributed by atoms with van der Waals surface area (Å²) in [4.78, 5) is 14.4. The Hall–Kier alpha value is -2.67. The van der Waals surface area contributed by atoms with Crippen molar-refractivity contribution in [3.63, 3.8) is 0 Å². The summed E-state index contributed by atoms with van der Waals surface area (Å²) in [5.74, 6) is -7.26. The Bertz CT molecular complexity index is 949. The van der Waals surface area contributed by atoms with Gasteiger partial charge in [0.2, 0.25) is 5.91 Å². The second kappa shape index (κ2) is 6.33. The zero-order valence-corrected chi connectivity index (χ0v) is 13.3. The largest absolute Gasteiger partial charge is 0.334 e. The van der Waals surface area contributed by atoms with Gasteiger partial charge in [0, 0.05) is 35.5 Å². The molecule has 0 saturated heterocycles. The molecular weight excluding hydrogens is 360 g/mol. The summed E-state index contributed by atoms with van der Waals surface area (Å²) in [6.07, 6.45) is 1.35. The molecule has 0 radical (unpaired) electrons. The molecule has 1 aliphatic heterocycles. The van der Waals surface area contributed by atoms with Gasteiger partial charge in [-0.25, -0.2) is 17.6 Å². The van der Waals surface area contributed by atoms with Gasteiger partial charge in [-0.3, -0.25) is 10.1 Å². The first-order valence-electron chi connectivity index (χ1n) is 7.14. The van der Waals surface area contributed by atoms with Gasteiger partial charge in [-0.05, 0) is 18.6 Å². The van der Waals surface area contributed by atoms with Gasteiger partial charge in [-0.2, -0.15) is 5.26 Å². The first-order chi connectivity index (χ1) is 11.8. The van der Waals surface area contributed by atoms with E-state index in [4.69, 9.17) is 17.5 Å². The number of imidazole rings is 1. The standard InChI is InChI=1S/C15H10F4N4OS/c16-7-2-8(17)14(19)12(13(7)18)6-1-10-9(3-11(24)21-5-20)22-15(25)23(10)4-6/h2,6H,1,3-4H2,(H,21,24)(H,22,25)/t6-/m1/s1. The van der Waals surface area contributed by atoms with Gasteiger partial charge in [0.15, 0.2) is 34.2 Å². The molecule has 25 heavy (non-hydrogen) atoms. The van der Waals surface area contributed by atoms with E-state index in [2.05, 4.69) is 4.98 Å². The third-order valence-corrected chi connectivity index (χ3v) is 4.43. The lowest BCUT2D eigenvalue weighted by Crippen LogP contribution is -2.20. The van der Waals surface area contributed by atoms with E-state index in [1.807, 2.05) is 5.32 Å². The van der Waals surface area contributed by atoms with Crippen LogP contribution in [0.3, 0.4) is 0 Å². The maximum Gasteiger partial charge on any atom is 0.238 e. The number of fused-ring (bicyclic) bond motifs is 1. The number of aromatic nitrogens is 2. The Kier molecular flexibility index (Phi) is 4.34. The average molecular weight is 370 g/mol. The quantitative estimate of drug-likeness (QED) is 0.287. The van der Waals surface area contributed by atoms with Crippen LogP contribution in [0, 0.1) is 39.5 Å². The van der Waals surface area contributed by atoms with Crippen molar-refractivity contribution in [2.24, 2.45) is 0 Å². The molecule has 1 aromatic carbocycles. The topological polar surface area (TPSA) is 73.6 Å². The molecular formula is C15H10F4N4OS. The fourth-order valence-electron chi connectivity index (χ4n) is 3.06. The first-order valence-corrected chi connectivity index (χ1v) is 7.55. The van der Waals surface area contributed by atoms with Gasteiger partial charge in [0.25, 0.3) is 0 Å². The third kappa shape index (κ3) is 2.91. The number of nitriles is 1. The van der Waals surface area contributed by atoms with Gasteiger partial charge in [0.1, 0.15) is 0 Å². The molecule has 1 amide bonds. The van der Waals surface area contributed by atoms with Crippen molar-refractivity contribution in [3.05, 3.63) is 51.1 Å². The molecule has 3 rings (SSSR count). The zero-order valence-electron chi connectivity index (χ0n) is 12.5. The van der Waals surface area contributed by atoms with Crippen LogP contribution in [0.1, 0.15) is 22.9 Å². The number of carbonyl (C=O) groups is 1. The second-order valence-corrected chi connectivity index (χ2v) is 5.97. The predicted octanol–water partition coefficient (Wildman–Crippen LogP) is 2.58. The van der Waals surface area contributed by atoms with Crippen LogP contribution in [-0.4, -0.2) is 15.5 Å². The molecule has 130 valence electrons. The summed E-state index contributed by atoms with van der Waals surface area (Å²) in [6, 6.07) is 0.160. The summed E-state index contributed by atoms with van der Waals surface area (Å²) < 4.78 is 56.7. The van der Waals surface area contributed by atoms with Crippen LogP contribution in [0.15, 0.2) is 6.07 Å². The first kappa shape index (κ1) is 17.2. The van der Waals surface area contributed by atoms with Crippen LogP contribution in [0.2, 0.25) is 0 Å². The highest BCUT2D eigenvalue weighted by atomic mass is 32.1. The van der Waals surface area contributed by atoms with Gasteiger partial charge in [-0.1, -0.05) is 0 Å². The fourth-order valence-corrected chi connectivity index (χ4v) is 3.36. The summed E-state index contributed by atoms with van der Waals surface area (Å²) in [5, 5.41) is 10.4. The van der Waals surface area contributed by atoms with E-state index >= 15 is 0 Å². The molecule has 0 bridgehead atoms. The maximum atomic E-state index is 14.0. The van der Waals surface area contributed by atoms with E-state index in [-0.39, 0.29) is 30.2 Å². The van der Waals surface area contributed by atoms with E-state index in [0.717, 1.165) is 0 Å². The molecule has 2 aromatic rings. The van der Waals surface area contributed by atoms with Crippen molar-refractivity contribution in [1.82, 2.24) is 14.9 Å². The molecule has 1 atom stereocenters. The average Bonchev–Trinajstić information content (AvgIpc) is 3.08. The van der Waals surface area contributed by atoms with Crippen LogP contribution in [0.25, 0.3) is 0 Å². The lowest BCUT2D eigenvalue weighted by atomic mass is 9.94. The Balaban J connectivity index is 1.97. The number of halogens is 4. The lowest BCUT2D eigenvalue weighted by molar-refractivity contribution is -0.119. The number of benzene rings is 1. The van der Waals surface area contributed by atoms with Crippen molar-refractivity contribution in [2.75, 3.05) is 0 Å². The number of hydrogen-bond acceptors (Lipinski definition) is 3. The number of amides is 1. The number of nitrogens with one attached hydrogen (secondary N) is 2. The normalized spacial score (nSPS) is 15.7. The minimum atomic E-state index is -1.47. The Labute approximate surface area is 143 Å². The molecule has 2 N–H and O–H groups in total. The third-order valence-electron chi connectivity index (χ3n) is 4.11. The van der Waals surface area contributed by atoms with E-state index in [1.54, 1.807) is 0 Å². The molecule has 10 heteroatoms. The molecule has 1 aromatic heterocycles. The number of nitrogens with zero attached hydrogens (tertiary/aromatic N) is 2. The summed E-state index contributed by atoms with van der Waals surface area (Å²) in [5.41, 5.74) is 0.215. The van der Waals surface area contributed by atoms with Gasteiger partial charge >= 0.3 is 0 Å². The fraction of sp³-hybridized carbons (Fsp3) is 0.267. The van der Waals surface area contributed by atoms with E-state index in [0.29, 0.717) is 11.4 Å². The summed E-state index contributed by atoms with van der Waals surface area (Å²) in [6.45, 7) is 0.0151. The zero-order chi connectivity index (χ0) is 18.3. The van der Waals surface area contributed by atoms with Gasteiger partial charge < -0.3 is 9.55 Å². The van der Waals surface area contributed by atoms with Crippen molar-refractivity contribution in [3.8, 4) is 6.19 Å². The summed E-state index contributed by atoms with van der Waals surface area (Å²) >= 11 is 5.11. The monoisotopic (exact) mass is 370 g/mol. The summed E-state index contributed by atoms with van der Waals surface area (Å²) in [7, 11) is 0. The van der Waals surface area contributed by atoms with Crippen LogP contribution in [0.5, 0.6) is 0 Å². The van der Waals surface area contributed by atoms with Gasteiger partial charge in [0.05, 0.1) is 6.42 Å². The molecule has 0 spiro atoms. The smallest absolute Gasteiger partial charge is 0.238 e. The van der Waals surface area contributed by atoms with Crippen molar-refractivity contribution < 1.29 is 22.4 Å². The van der Waals surface area contributed by atoms with Crippen LogP contribution < -0.4 is 5.32 Å². The molecule has 0 aliphatic carbocycles. The van der Waals surface area contributed by atoms with Crippen molar-refractivity contribution in [2.45, 2.75) is 25.3 Å². The molecule has 0 fully saturated rings. The van der Waals surface area contributed by atoms with Crippen molar-refractivity contribution in [1.29, 1.82) is 5.26 Å². The number of carbonyl (C=O) groups excluding carboxylic acids is 1. The Morgan fingerprint density at radius 2 is 2.00 bits per heavy atom. The maximum absolute atomic E-state index is 14.0. The molecule has 0 saturated carbocycles. The molecule has 5 nitrogen and oxygen atoms in total. The Morgan fingerprint density at radius 1 is 1.36 bits per heavy atom. The van der Waals surface area contributed by atoms with Gasteiger partial charge in [-0.15, -0.1) is 0 Å². The molecule has 1 aliphatic rings. The minimum Gasteiger partial charge on any atom is -0.334 e. The minimum absolute atomic E-state index is 0.0151. The number of aromatic amines is 1. The number of H-pyrrole nitrogens is 1. The highest BCUT2D eigenvalue weighted by Crippen LogP contribution is 2.36. The second-order valence-electron chi connectivity index (χ2n) is 5.59. The van der Waals surface area contributed by atoms with E-state index in [1.165, 1.54) is 10.8 Å². The van der Waals surface area contributed by atoms with E-state index < -0.39 is 40.7 Å². The molecule has 2 heterocycles. The van der Waals surface area contributed by atoms with Crippen LogP contribution >= 0.6 is 12.2 Å². The van der Waals surface area contributed by atoms with Crippen LogP contribution in [0.4, 0.5) is 17.6 Å². The highest BCUT2D eigenvalue weighted by Gasteiger charge is 2.33. The number of hydrogen-bond donors (Lipinski definition) is 2. The van der Waals surface area contributed by atoms with Crippen molar-refractivity contribution >= 4 is 18.1 Å². The SMILES string of the molecule is N#CNC(=O)Cc1[nH]c(=S)n2c1C[C@@H](c1c(F)c(F)cc(F)c1F)C2. The van der Waals surface area contributed by atoms with Crippen LogP contribution in [-0.2, 0) is 24.2 Å². The van der Waals surface area contributed by atoms with E-state index in [9.17, 15) is 22.4 Å². The Morgan fingerprint density at radius 3 is 2.60 bits per heavy atom. The number of rotatable bonds is 3. The predicted molar refractivity (Wildman–Crippen MR) is 79.8 cm³/mol. The highest BCUT2D eigenvalue weighted by molar-refractivity contribution is 7.71. The lowest BCUT2D eigenvalue weighted by Gasteiger charge is -2.13. The molecule has 0 unspecified atom stereocenters.